The topological polar surface area (TPSA) is 35.2 Å². The van der Waals surface area contributed by atoms with Crippen LogP contribution in [0, 0.1) is 5.82 Å². The Morgan fingerprint density at radius 1 is 1.40 bits per heavy atom. The van der Waals surface area contributed by atoms with Crippen molar-refractivity contribution in [3.8, 4) is 5.75 Å². The maximum atomic E-state index is 13.3. The van der Waals surface area contributed by atoms with Gasteiger partial charge in [0.25, 0.3) is 0 Å². The molecular formula is C11H15ClFNO. The lowest BCUT2D eigenvalue weighted by Gasteiger charge is -2.07. The molecule has 0 unspecified atom stereocenters. The van der Waals surface area contributed by atoms with E-state index in [1.165, 1.54) is 7.11 Å². The van der Waals surface area contributed by atoms with E-state index in [2.05, 4.69) is 0 Å². The Hall–Kier alpha value is -0.800. The zero-order chi connectivity index (χ0) is 11.3. The number of aryl methyl sites for hydroxylation is 1. The van der Waals surface area contributed by atoms with Crippen LogP contribution in [0.4, 0.5) is 4.39 Å². The molecule has 0 atom stereocenters. The van der Waals surface area contributed by atoms with Crippen LogP contribution in [0.3, 0.4) is 0 Å². The zero-order valence-electron chi connectivity index (χ0n) is 8.72. The molecule has 2 nitrogen and oxygen atoms in total. The van der Waals surface area contributed by atoms with Crippen molar-refractivity contribution in [2.24, 2.45) is 5.73 Å². The molecule has 15 heavy (non-hydrogen) atoms. The van der Waals surface area contributed by atoms with Crippen LogP contribution < -0.4 is 10.5 Å². The normalized spacial score (nSPS) is 10.4. The van der Waals surface area contributed by atoms with Crippen molar-refractivity contribution >= 4 is 11.6 Å². The molecule has 0 saturated carbocycles. The SMILES string of the molecule is COc1cc(CCCCN)cc(Cl)c1F. The summed E-state index contributed by atoms with van der Waals surface area (Å²) >= 11 is 5.73. The molecule has 1 aromatic rings. The molecule has 0 aromatic heterocycles. The van der Waals surface area contributed by atoms with Crippen molar-refractivity contribution in [3.63, 3.8) is 0 Å². The number of hydrogen-bond acceptors (Lipinski definition) is 2. The van der Waals surface area contributed by atoms with Crippen LogP contribution in [-0.2, 0) is 6.42 Å². The minimum Gasteiger partial charge on any atom is -0.494 e. The van der Waals surface area contributed by atoms with Gasteiger partial charge in [-0.05, 0) is 43.5 Å². The van der Waals surface area contributed by atoms with E-state index in [0.29, 0.717) is 6.54 Å². The highest BCUT2D eigenvalue weighted by molar-refractivity contribution is 6.30. The molecule has 1 rings (SSSR count). The Morgan fingerprint density at radius 2 is 2.13 bits per heavy atom. The van der Waals surface area contributed by atoms with Gasteiger partial charge < -0.3 is 10.5 Å². The zero-order valence-corrected chi connectivity index (χ0v) is 9.48. The molecule has 0 radical (unpaired) electrons. The molecule has 0 heterocycles. The molecule has 0 bridgehead atoms. The van der Waals surface area contributed by atoms with Crippen molar-refractivity contribution in [1.29, 1.82) is 0 Å². The van der Waals surface area contributed by atoms with Crippen LogP contribution in [-0.4, -0.2) is 13.7 Å². The second-order valence-electron chi connectivity index (χ2n) is 3.34. The lowest BCUT2D eigenvalue weighted by molar-refractivity contribution is 0.386. The van der Waals surface area contributed by atoms with E-state index in [1.807, 2.05) is 0 Å². The lowest BCUT2D eigenvalue weighted by atomic mass is 10.1. The number of nitrogens with two attached hydrogens (primary N) is 1. The van der Waals surface area contributed by atoms with Crippen LogP contribution >= 0.6 is 11.6 Å². The summed E-state index contributed by atoms with van der Waals surface area (Å²) in [5.41, 5.74) is 6.37. The molecule has 0 fully saturated rings. The van der Waals surface area contributed by atoms with Gasteiger partial charge in [0.05, 0.1) is 12.1 Å². The number of unbranched alkanes of at least 4 members (excludes halogenated alkanes) is 1. The fourth-order valence-corrected chi connectivity index (χ4v) is 1.62. The fourth-order valence-electron chi connectivity index (χ4n) is 1.38. The summed E-state index contributed by atoms with van der Waals surface area (Å²) in [5, 5.41) is 0.108. The molecule has 1 aromatic carbocycles. The minimum atomic E-state index is -0.498. The summed E-state index contributed by atoms with van der Waals surface area (Å²) in [4.78, 5) is 0. The van der Waals surface area contributed by atoms with E-state index in [0.717, 1.165) is 24.8 Å². The number of hydrogen-bond donors (Lipinski definition) is 1. The maximum Gasteiger partial charge on any atom is 0.183 e. The second kappa shape index (κ2) is 5.93. The minimum absolute atomic E-state index is 0.108. The van der Waals surface area contributed by atoms with Crippen molar-refractivity contribution in [2.45, 2.75) is 19.3 Å². The van der Waals surface area contributed by atoms with E-state index in [1.54, 1.807) is 12.1 Å². The molecule has 0 amide bonds. The number of benzene rings is 1. The number of halogens is 2. The molecule has 0 aliphatic carbocycles. The van der Waals surface area contributed by atoms with Gasteiger partial charge in [-0.15, -0.1) is 0 Å². The van der Waals surface area contributed by atoms with Crippen molar-refractivity contribution < 1.29 is 9.13 Å². The molecule has 4 heteroatoms. The largest absolute Gasteiger partial charge is 0.494 e. The van der Waals surface area contributed by atoms with E-state index in [-0.39, 0.29) is 10.8 Å². The average Bonchev–Trinajstić information content (AvgIpc) is 2.23. The average molecular weight is 232 g/mol. The van der Waals surface area contributed by atoms with Gasteiger partial charge in [0.15, 0.2) is 11.6 Å². The standard InChI is InChI=1S/C11H15ClFNO/c1-15-10-7-8(4-2-3-5-14)6-9(12)11(10)13/h6-7H,2-5,14H2,1H3. The van der Waals surface area contributed by atoms with E-state index in [4.69, 9.17) is 22.1 Å². The second-order valence-corrected chi connectivity index (χ2v) is 3.75. The summed E-state index contributed by atoms with van der Waals surface area (Å²) in [6, 6.07) is 3.31. The maximum absolute atomic E-state index is 13.3. The Bertz CT molecular complexity index is 331. The molecular weight excluding hydrogens is 217 g/mol. The van der Waals surface area contributed by atoms with Gasteiger partial charge in [-0.25, -0.2) is 4.39 Å². The predicted octanol–water partition coefficient (Wildman–Crippen LogP) is 2.77. The molecule has 2 N–H and O–H groups in total. The highest BCUT2D eigenvalue weighted by Crippen LogP contribution is 2.27. The summed E-state index contributed by atoms with van der Waals surface area (Å²) < 4.78 is 18.2. The van der Waals surface area contributed by atoms with Crippen LogP contribution in [0.15, 0.2) is 12.1 Å². The Kier molecular flexibility index (Phi) is 4.85. The Morgan fingerprint density at radius 3 is 2.73 bits per heavy atom. The van der Waals surface area contributed by atoms with Crippen LogP contribution in [0.5, 0.6) is 5.75 Å². The number of methoxy groups -OCH3 is 1. The Labute approximate surface area is 94.2 Å². The van der Waals surface area contributed by atoms with Crippen LogP contribution in [0.1, 0.15) is 18.4 Å². The molecule has 0 spiro atoms. The van der Waals surface area contributed by atoms with Gasteiger partial charge in [-0.2, -0.15) is 0 Å². The van der Waals surface area contributed by atoms with Gasteiger partial charge in [0, 0.05) is 0 Å². The van der Waals surface area contributed by atoms with Crippen LogP contribution in [0.25, 0.3) is 0 Å². The molecule has 84 valence electrons. The Balaban J connectivity index is 2.77. The summed E-state index contributed by atoms with van der Waals surface area (Å²) in [5.74, 6) is -0.299. The summed E-state index contributed by atoms with van der Waals surface area (Å²) in [7, 11) is 1.43. The molecule has 0 aliphatic rings. The van der Waals surface area contributed by atoms with Crippen molar-refractivity contribution in [2.75, 3.05) is 13.7 Å². The molecule has 0 saturated heterocycles. The number of rotatable bonds is 5. The smallest absolute Gasteiger partial charge is 0.183 e. The first kappa shape index (κ1) is 12.3. The highest BCUT2D eigenvalue weighted by atomic mass is 35.5. The highest BCUT2D eigenvalue weighted by Gasteiger charge is 2.09. The quantitative estimate of drug-likeness (QED) is 0.791. The predicted molar refractivity (Wildman–Crippen MR) is 60.0 cm³/mol. The van der Waals surface area contributed by atoms with Gasteiger partial charge in [0.2, 0.25) is 0 Å². The van der Waals surface area contributed by atoms with Gasteiger partial charge in [-0.3, -0.25) is 0 Å². The van der Waals surface area contributed by atoms with Gasteiger partial charge >= 0.3 is 0 Å². The van der Waals surface area contributed by atoms with E-state index in [9.17, 15) is 4.39 Å². The van der Waals surface area contributed by atoms with Crippen molar-refractivity contribution in [1.82, 2.24) is 0 Å². The van der Waals surface area contributed by atoms with Crippen LogP contribution in [0.2, 0.25) is 5.02 Å². The van der Waals surface area contributed by atoms with Gasteiger partial charge in [0.1, 0.15) is 0 Å². The van der Waals surface area contributed by atoms with E-state index >= 15 is 0 Å². The first-order valence-electron chi connectivity index (χ1n) is 4.91. The van der Waals surface area contributed by atoms with Gasteiger partial charge in [-0.1, -0.05) is 11.6 Å². The molecule has 0 aliphatic heterocycles. The fraction of sp³-hybridized carbons (Fsp3) is 0.455. The third-order valence-corrected chi connectivity index (χ3v) is 2.47. The first-order chi connectivity index (χ1) is 7.19. The first-order valence-corrected chi connectivity index (χ1v) is 5.28. The third kappa shape index (κ3) is 3.36. The lowest BCUT2D eigenvalue weighted by Crippen LogP contribution is -1.99. The number of ether oxygens (including phenoxy) is 1. The summed E-state index contributed by atoms with van der Waals surface area (Å²) in [6.45, 7) is 0.673. The third-order valence-electron chi connectivity index (χ3n) is 2.19. The van der Waals surface area contributed by atoms with Crippen molar-refractivity contribution in [3.05, 3.63) is 28.5 Å². The van der Waals surface area contributed by atoms with E-state index < -0.39 is 5.82 Å². The monoisotopic (exact) mass is 231 g/mol. The summed E-state index contributed by atoms with van der Waals surface area (Å²) in [6.07, 6.45) is 2.77.